The van der Waals surface area contributed by atoms with E-state index in [0.29, 0.717) is 0 Å². The SMILES string of the molecule is CN(CC(=O)O)C(=N)N.O=P([O-])([O-])[O-].O=P([O-])([O-])[O-].[Zn+2].[Zn+2].[Zn+2]. The molecule has 0 aromatic rings. The molecule has 0 aromatic heterocycles. The van der Waals surface area contributed by atoms with Gasteiger partial charge in [-0.05, 0) is 0 Å². The van der Waals surface area contributed by atoms with Gasteiger partial charge in [-0.2, -0.15) is 15.6 Å². The van der Waals surface area contributed by atoms with Crippen molar-refractivity contribution < 1.29 is 107 Å². The van der Waals surface area contributed by atoms with E-state index in [0.717, 1.165) is 4.90 Å². The first-order chi connectivity index (χ1) is 8.04. The van der Waals surface area contributed by atoms with Crippen molar-refractivity contribution in [1.82, 2.24) is 4.90 Å². The summed E-state index contributed by atoms with van der Waals surface area (Å²) < 4.78 is 17.1. The summed E-state index contributed by atoms with van der Waals surface area (Å²) in [5.74, 6) is -1.23. The predicted octanol–water partition coefficient (Wildman–Crippen LogP) is -6.76. The van der Waals surface area contributed by atoms with Crippen molar-refractivity contribution in [2.75, 3.05) is 13.6 Å². The number of nitrogens with two attached hydrogens (primary N) is 1. The quantitative estimate of drug-likeness (QED) is 0.134. The maximum atomic E-state index is 9.92. The molecule has 0 amide bonds. The number of carboxylic acids is 1. The summed E-state index contributed by atoms with van der Waals surface area (Å²) in [5, 5.41) is 14.9. The fourth-order valence-electron chi connectivity index (χ4n) is 0.288. The number of aliphatic carboxylic acids is 1. The summed E-state index contributed by atoms with van der Waals surface area (Å²) >= 11 is 0. The molecule has 0 aromatic carbocycles. The number of nitrogens with one attached hydrogen (secondary N) is 1. The molecule has 0 rings (SSSR count). The molecular formula is C4H9N3O10P2Zn3. The Kier molecular flexibility index (Phi) is 31.7. The van der Waals surface area contributed by atoms with Crippen molar-refractivity contribution in [3.8, 4) is 0 Å². The minimum absolute atomic E-state index is 0. The van der Waals surface area contributed by atoms with Crippen LogP contribution in [0.2, 0.25) is 0 Å². The molecule has 13 nitrogen and oxygen atoms in total. The number of carboxylic acid groups (broad SMARTS) is 1. The number of phosphoric acid groups is 2. The Balaban J connectivity index is -0.0000000434. The van der Waals surface area contributed by atoms with Crippen molar-refractivity contribution in [1.29, 1.82) is 5.41 Å². The summed E-state index contributed by atoms with van der Waals surface area (Å²) in [7, 11) is -9.34. The predicted molar refractivity (Wildman–Crippen MR) is 47.4 cm³/mol. The molecule has 0 fully saturated rings. The Bertz CT molecular complexity index is 349. The summed E-state index contributed by atoms with van der Waals surface area (Å²) in [6.45, 7) is -0.227. The Morgan fingerprint density at radius 1 is 1.05 bits per heavy atom. The summed E-state index contributed by atoms with van der Waals surface area (Å²) in [6, 6.07) is 0. The first kappa shape index (κ1) is 38.4. The van der Waals surface area contributed by atoms with Gasteiger partial charge in [0.1, 0.15) is 6.54 Å². The number of likely N-dealkylation sites (N-methyl/N-ethyl adjacent to an activating group) is 1. The van der Waals surface area contributed by atoms with Crippen LogP contribution in [0.5, 0.6) is 0 Å². The number of guanidine groups is 1. The maximum Gasteiger partial charge on any atom is 2.00 e. The zero-order valence-electron chi connectivity index (χ0n) is 11.4. The summed E-state index contributed by atoms with van der Waals surface area (Å²) in [4.78, 5) is 62.3. The number of hydrogen-bond donors (Lipinski definition) is 3. The van der Waals surface area contributed by atoms with Crippen molar-refractivity contribution in [2.24, 2.45) is 5.73 Å². The second kappa shape index (κ2) is 18.2. The fourth-order valence-corrected chi connectivity index (χ4v) is 0.288. The van der Waals surface area contributed by atoms with E-state index in [4.69, 9.17) is 54.7 Å². The van der Waals surface area contributed by atoms with E-state index in [-0.39, 0.29) is 70.9 Å². The molecule has 0 unspecified atom stereocenters. The second-order valence-corrected chi connectivity index (χ2v) is 4.32. The Morgan fingerprint density at radius 3 is 1.27 bits per heavy atom. The van der Waals surface area contributed by atoms with Gasteiger partial charge in [-0.3, -0.25) is 10.2 Å². The van der Waals surface area contributed by atoms with Crippen molar-refractivity contribution in [2.45, 2.75) is 0 Å². The van der Waals surface area contributed by atoms with Gasteiger partial charge in [0, 0.05) is 7.05 Å². The minimum atomic E-state index is -5.39. The minimum Gasteiger partial charge on any atom is -0.822 e. The third-order valence-electron chi connectivity index (χ3n) is 0.784. The molecule has 0 bridgehead atoms. The largest absolute Gasteiger partial charge is 2.00 e. The molecule has 0 saturated heterocycles. The standard InChI is InChI=1S/C4H9N3O2.2H3O4P.3Zn/c1-7(4(5)6)2-3(8)9;2*1-5(2,3)4;;;/h2H2,1H3,(H3,5,6)(H,8,9);2*(H3,1,2,3,4);;;/q;;;3*+2/p-6. The molecule has 0 saturated carbocycles. The number of nitrogens with zero attached hydrogens (tertiary/aromatic N) is 1. The molecule has 22 heavy (non-hydrogen) atoms. The smallest absolute Gasteiger partial charge is 0.822 e. The number of carbonyl (C=O) groups is 1. The van der Waals surface area contributed by atoms with Gasteiger partial charge in [0.05, 0.1) is 0 Å². The van der Waals surface area contributed by atoms with E-state index in [1.807, 2.05) is 0 Å². The molecule has 0 aliphatic rings. The van der Waals surface area contributed by atoms with Gasteiger partial charge in [-0.15, -0.1) is 0 Å². The monoisotopic (exact) mass is 513 g/mol. The maximum absolute atomic E-state index is 9.92. The van der Waals surface area contributed by atoms with Crippen LogP contribution < -0.4 is 35.1 Å². The first-order valence-electron chi connectivity index (χ1n) is 3.77. The van der Waals surface area contributed by atoms with Crippen LogP contribution in [0.3, 0.4) is 0 Å². The number of hydrogen-bond acceptors (Lipinski definition) is 10. The zero-order chi connectivity index (χ0) is 16.4. The molecule has 0 aliphatic carbocycles. The van der Waals surface area contributed by atoms with Gasteiger partial charge in [-0.25, -0.2) is 0 Å². The third kappa shape index (κ3) is 105. The van der Waals surface area contributed by atoms with Crippen molar-refractivity contribution in [3.05, 3.63) is 0 Å². The molecule has 0 radical (unpaired) electrons. The molecule has 0 heterocycles. The Labute approximate surface area is 163 Å². The molecule has 0 spiro atoms. The molecular weight excluding hydrogens is 508 g/mol. The van der Waals surface area contributed by atoms with E-state index in [1.54, 1.807) is 0 Å². The second-order valence-electron chi connectivity index (χ2n) is 2.53. The van der Waals surface area contributed by atoms with Gasteiger partial charge < -0.3 is 54.2 Å². The van der Waals surface area contributed by atoms with Crippen LogP contribution >= 0.6 is 15.6 Å². The van der Waals surface area contributed by atoms with Crippen LogP contribution in [0.25, 0.3) is 0 Å². The normalized spacial score (nSPS) is 8.86. The third-order valence-corrected chi connectivity index (χ3v) is 0.784. The first-order valence-corrected chi connectivity index (χ1v) is 6.69. The van der Waals surface area contributed by atoms with Crippen LogP contribution in [0.1, 0.15) is 0 Å². The molecule has 0 aliphatic heterocycles. The van der Waals surface area contributed by atoms with Gasteiger partial charge in [0.15, 0.2) is 5.96 Å². The molecule has 4 N–H and O–H groups in total. The van der Waals surface area contributed by atoms with Crippen LogP contribution in [0.15, 0.2) is 0 Å². The van der Waals surface area contributed by atoms with Crippen LogP contribution in [-0.4, -0.2) is 35.5 Å². The van der Waals surface area contributed by atoms with E-state index in [9.17, 15) is 4.79 Å². The summed E-state index contributed by atoms with van der Waals surface area (Å²) in [5.41, 5.74) is 4.93. The van der Waals surface area contributed by atoms with Gasteiger partial charge in [0.2, 0.25) is 0 Å². The van der Waals surface area contributed by atoms with Gasteiger partial charge >= 0.3 is 64.4 Å². The molecule has 18 heteroatoms. The van der Waals surface area contributed by atoms with Crippen LogP contribution in [0, 0.1) is 5.41 Å². The average Bonchev–Trinajstić information content (AvgIpc) is 1.94. The van der Waals surface area contributed by atoms with Crippen LogP contribution in [0.4, 0.5) is 0 Å². The average molecular weight is 517 g/mol. The van der Waals surface area contributed by atoms with Crippen molar-refractivity contribution in [3.63, 3.8) is 0 Å². The van der Waals surface area contributed by atoms with Gasteiger partial charge in [0.25, 0.3) is 0 Å². The molecule has 0 atom stereocenters. The Morgan fingerprint density at radius 2 is 1.23 bits per heavy atom. The van der Waals surface area contributed by atoms with E-state index in [1.165, 1.54) is 7.05 Å². The van der Waals surface area contributed by atoms with Gasteiger partial charge in [-0.1, -0.05) is 0 Å². The molecule has 116 valence electrons. The van der Waals surface area contributed by atoms with Crippen molar-refractivity contribution >= 4 is 27.6 Å². The zero-order valence-corrected chi connectivity index (χ0v) is 22.1. The van der Waals surface area contributed by atoms with E-state index < -0.39 is 21.6 Å². The van der Waals surface area contributed by atoms with Crippen LogP contribution in [-0.2, 0) is 72.4 Å². The topological polar surface area (TPSA) is 263 Å². The number of rotatable bonds is 2. The van der Waals surface area contributed by atoms with E-state index in [2.05, 4.69) is 0 Å². The Hall–Kier alpha value is 0.830. The fraction of sp³-hybridized carbons (Fsp3) is 0.500. The van der Waals surface area contributed by atoms with E-state index >= 15 is 0 Å². The summed E-state index contributed by atoms with van der Waals surface area (Å²) in [6.07, 6.45) is 0.